The molecule has 1 atom stereocenters. The van der Waals surface area contributed by atoms with E-state index in [0.29, 0.717) is 0 Å². The first-order chi connectivity index (χ1) is 8.54. The molecule has 0 saturated heterocycles. The first-order valence-corrected chi connectivity index (χ1v) is 6.21. The van der Waals surface area contributed by atoms with Gasteiger partial charge in [0.15, 0.2) is 0 Å². The van der Waals surface area contributed by atoms with Crippen molar-refractivity contribution >= 4 is 0 Å². The summed E-state index contributed by atoms with van der Waals surface area (Å²) in [6.07, 6.45) is 3.56. The number of aryl methyl sites for hydroxylation is 3. The number of hydrogen-bond donors (Lipinski definition) is 1. The molecule has 96 valence electrons. The molecule has 0 aliphatic rings. The zero-order chi connectivity index (χ0) is 13.1. The third-order valence-corrected chi connectivity index (χ3v) is 3.11. The Kier molecular flexibility index (Phi) is 3.77. The molecule has 0 aliphatic heterocycles. The van der Waals surface area contributed by atoms with Crippen LogP contribution < -0.4 is 5.73 Å². The molecule has 0 radical (unpaired) electrons. The quantitative estimate of drug-likeness (QED) is 0.887. The lowest BCUT2D eigenvalue weighted by molar-refractivity contribution is 0.649. The van der Waals surface area contributed by atoms with Gasteiger partial charge in [0.05, 0.1) is 5.69 Å². The Morgan fingerprint density at radius 3 is 2.72 bits per heavy atom. The van der Waals surface area contributed by atoms with E-state index in [1.165, 1.54) is 16.7 Å². The molecular weight excluding hydrogens is 224 g/mol. The Morgan fingerprint density at radius 2 is 2.06 bits per heavy atom. The standard InChI is InChI=1S/C14H20N4/c1-10-4-5-11(2)12(6-10)7-13(15)8-14-9-18(3)17-16-14/h4-6,9,13H,7-8,15H2,1-3H3. The second kappa shape index (κ2) is 5.31. The predicted octanol–water partition coefficient (Wildman–Crippen LogP) is 1.54. The molecule has 1 aromatic heterocycles. The van der Waals surface area contributed by atoms with Gasteiger partial charge in [-0.15, -0.1) is 5.10 Å². The average molecular weight is 244 g/mol. The van der Waals surface area contributed by atoms with Crippen molar-refractivity contribution in [1.29, 1.82) is 0 Å². The summed E-state index contributed by atoms with van der Waals surface area (Å²) >= 11 is 0. The van der Waals surface area contributed by atoms with E-state index < -0.39 is 0 Å². The lowest BCUT2D eigenvalue weighted by atomic mass is 9.97. The largest absolute Gasteiger partial charge is 0.327 e. The molecule has 0 fully saturated rings. The summed E-state index contributed by atoms with van der Waals surface area (Å²) in [5, 5.41) is 7.99. The third kappa shape index (κ3) is 3.17. The smallest absolute Gasteiger partial charge is 0.0842 e. The van der Waals surface area contributed by atoms with Crippen molar-refractivity contribution < 1.29 is 0 Å². The van der Waals surface area contributed by atoms with E-state index in [4.69, 9.17) is 5.73 Å². The number of benzene rings is 1. The van der Waals surface area contributed by atoms with E-state index in [1.54, 1.807) is 4.68 Å². The molecule has 4 nitrogen and oxygen atoms in total. The van der Waals surface area contributed by atoms with E-state index in [0.717, 1.165) is 18.5 Å². The molecule has 0 aliphatic carbocycles. The highest BCUT2D eigenvalue weighted by molar-refractivity contribution is 5.31. The second-order valence-electron chi connectivity index (χ2n) is 4.98. The van der Waals surface area contributed by atoms with Crippen molar-refractivity contribution in [2.24, 2.45) is 12.8 Å². The van der Waals surface area contributed by atoms with E-state index >= 15 is 0 Å². The summed E-state index contributed by atoms with van der Waals surface area (Å²) < 4.78 is 1.71. The van der Waals surface area contributed by atoms with Crippen molar-refractivity contribution in [2.75, 3.05) is 0 Å². The number of rotatable bonds is 4. The zero-order valence-corrected chi connectivity index (χ0v) is 11.2. The van der Waals surface area contributed by atoms with Crippen LogP contribution in [0.25, 0.3) is 0 Å². The molecule has 2 rings (SSSR count). The molecule has 0 amide bonds. The van der Waals surface area contributed by atoms with Crippen LogP contribution >= 0.6 is 0 Å². The van der Waals surface area contributed by atoms with Crippen LogP contribution in [0, 0.1) is 13.8 Å². The fourth-order valence-electron chi connectivity index (χ4n) is 2.13. The second-order valence-corrected chi connectivity index (χ2v) is 4.98. The van der Waals surface area contributed by atoms with Crippen molar-refractivity contribution in [1.82, 2.24) is 15.0 Å². The highest BCUT2D eigenvalue weighted by Crippen LogP contribution is 2.13. The summed E-state index contributed by atoms with van der Waals surface area (Å²) in [6, 6.07) is 6.58. The maximum absolute atomic E-state index is 6.19. The molecule has 1 aromatic carbocycles. The normalized spacial score (nSPS) is 12.7. The molecule has 0 bridgehead atoms. The van der Waals surface area contributed by atoms with Gasteiger partial charge in [0, 0.05) is 25.7 Å². The van der Waals surface area contributed by atoms with Crippen LogP contribution in [-0.4, -0.2) is 21.0 Å². The van der Waals surface area contributed by atoms with Gasteiger partial charge in [0.2, 0.25) is 0 Å². The Bertz CT molecular complexity index is 530. The lowest BCUT2D eigenvalue weighted by Crippen LogP contribution is -2.26. The van der Waals surface area contributed by atoms with Gasteiger partial charge in [-0.05, 0) is 31.4 Å². The van der Waals surface area contributed by atoms with E-state index in [9.17, 15) is 0 Å². The summed E-state index contributed by atoms with van der Waals surface area (Å²) in [4.78, 5) is 0. The van der Waals surface area contributed by atoms with Crippen LogP contribution in [0.15, 0.2) is 24.4 Å². The molecule has 2 aromatic rings. The van der Waals surface area contributed by atoms with Gasteiger partial charge >= 0.3 is 0 Å². The predicted molar refractivity (Wildman–Crippen MR) is 72.3 cm³/mol. The molecular formula is C14H20N4. The SMILES string of the molecule is Cc1ccc(C)c(CC(N)Cc2cn(C)nn2)c1. The number of hydrogen-bond acceptors (Lipinski definition) is 3. The van der Waals surface area contributed by atoms with Crippen molar-refractivity contribution in [3.8, 4) is 0 Å². The van der Waals surface area contributed by atoms with Crippen LogP contribution in [0.5, 0.6) is 0 Å². The number of aromatic nitrogens is 3. The summed E-state index contributed by atoms with van der Waals surface area (Å²) in [5.74, 6) is 0. The molecule has 4 heteroatoms. The summed E-state index contributed by atoms with van der Waals surface area (Å²) in [7, 11) is 1.87. The Morgan fingerprint density at radius 1 is 1.28 bits per heavy atom. The van der Waals surface area contributed by atoms with Crippen LogP contribution in [0.4, 0.5) is 0 Å². The van der Waals surface area contributed by atoms with Crippen LogP contribution in [-0.2, 0) is 19.9 Å². The number of nitrogens with two attached hydrogens (primary N) is 1. The Balaban J connectivity index is 2.02. The summed E-state index contributed by atoms with van der Waals surface area (Å²) in [6.45, 7) is 4.24. The molecule has 18 heavy (non-hydrogen) atoms. The molecule has 0 spiro atoms. The highest BCUT2D eigenvalue weighted by Gasteiger charge is 2.09. The first kappa shape index (κ1) is 12.8. The maximum Gasteiger partial charge on any atom is 0.0842 e. The van der Waals surface area contributed by atoms with Gasteiger partial charge in [-0.25, -0.2) is 0 Å². The summed E-state index contributed by atoms with van der Waals surface area (Å²) in [5.41, 5.74) is 11.0. The van der Waals surface area contributed by atoms with Crippen LogP contribution in [0.2, 0.25) is 0 Å². The van der Waals surface area contributed by atoms with Crippen molar-refractivity contribution in [2.45, 2.75) is 32.7 Å². The van der Waals surface area contributed by atoms with Crippen molar-refractivity contribution in [3.05, 3.63) is 46.8 Å². The fraction of sp³-hybridized carbons (Fsp3) is 0.429. The third-order valence-electron chi connectivity index (χ3n) is 3.11. The Hall–Kier alpha value is -1.68. The van der Waals surface area contributed by atoms with Crippen molar-refractivity contribution in [3.63, 3.8) is 0 Å². The minimum Gasteiger partial charge on any atom is -0.327 e. The van der Waals surface area contributed by atoms with Gasteiger partial charge < -0.3 is 5.73 Å². The molecule has 2 N–H and O–H groups in total. The van der Waals surface area contributed by atoms with Gasteiger partial charge in [0.1, 0.15) is 0 Å². The minimum absolute atomic E-state index is 0.0854. The molecule has 1 heterocycles. The first-order valence-electron chi connectivity index (χ1n) is 6.21. The van der Waals surface area contributed by atoms with E-state index in [1.807, 2.05) is 13.2 Å². The average Bonchev–Trinajstić information content (AvgIpc) is 2.69. The van der Waals surface area contributed by atoms with E-state index in [2.05, 4.69) is 42.4 Å². The zero-order valence-electron chi connectivity index (χ0n) is 11.2. The topological polar surface area (TPSA) is 56.7 Å². The van der Waals surface area contributed by atoms with Crippen LogP contribution in [0.1, 0.15) is 22.4 Å². The van der Waals surface area contributed by atoms with Gasteiger partial charge in [-0.2, -0.15) is 0 Å². The van der Waals surface area contributed by atoms with Gasteiger partial charge in [-0.3, -0.25) is 4.68 Å². The van der Waals surface area contributed by atoms with Gasteiger partial charge in [0.25, 0.3) is 0 Å². The van der Waals surface area contributed by atoms with Gasteiger partial charge in [-0.1, -0.05) is 29.0 Å². The fourth-order valence-corrected chi connectivity index (χ4v) is 2.13. The van der Waals surface area contributed by atoms with E-state index in [-0.39, 0.29) is 6.04 Å². The van der Waals surface area contributed by atoms with Crippen LogP contribution in [0.3, 0.4) is 0 Å². The monoisotopic (exact) mass is 244 g/mol. The highest BCUT2D eigenvalue weighted by atomic mass is 15.4. The lowest BCUT2D eigenvalue weighted by Gasteiger charge is -2.12. The number of nitrogens with zero attached hydrogens (tertiary/aromatic N) is 3. The molecule has 0 saturated carbocycles. The Labute approximate surface area is 108 Å². The minimum atomic E-state index is 0.0854. The maximum atomic E-state index is 6.19. The molecule has 1 unspecified atom stereocenters.